The van der Waals surface area contributed by atoms with Crippen LogP contribution in [0.25, 0.3) is 0 Å². The molecule has 2 N–H and O–H groups in total. The molecule has 0 unspecified atom stereocenters. The fraction of sp³-hybridized carbons (Fsp3) is 0.0625. The molecule has 0 saturated carbocycles. The smallest absolute Gasteiger partial charge is 0.293 e. The Hall–Kier alpha value is -3.40. The first-order chi connectivity index (χ1) is 12.4. The lowest BCUT2D eigenvalue weighted by Crippen LogP contribution is -2.46. The second-order valence-corrected chi connectivity index (χ2v) is 6.76. The highest BCUT2D eigenvalue weighted by Crippen LogP contribution is 2.28. The highest BCUT2D eigenvalue weighted by molar-refractivity contribution is 7.87. The molecule has 1 aliphatic heterocycles. The summed E-state index contributed by atoms with van der Waals surface area (Å²) in [4.78, 5) is 47.2. The number of nitro benzene ring substituents is 1. The normalized spacial score (nSPS) is 18.4. The third-order valence-electron chi connectivity index (χ3n) is 3.62. The van der Waals surface area contributed by atoms with Crippen LogP contribution in [0.4, 0.5) is 17.1 Å². The van der Waals surface area contributed by atoms with Gasteiger partial charge in [-0.05, 0) is 18.2 Å². The number of hydrogen-bond donors (Lipinski definition) is 2. The molecule has 1 heterocycles. The summed E-state index contributed by atoms with van der Waals surface area (Å²) >= 11 is 0. The van der Waals surface area contributed by atoms with E-state index in [0.29, 0.717) is 5.69 Å². The van der Waals surface area contributed by atoms with Gasteiger partial charge in [0.1, 0.15) is 5.69 Å². The van der Waals surface area contributed by atoms with Gasteiger partial charge in [-0.25, -0.2) is 0 Å². The molecule has 0 radical (unpaired) electrons. The number of rotatable bonds is 4. The number of nitrogens with one attached hydrogen (secondary N) is 2. The van der Waals surface area contributed by atoms with Crippen molar-refractivity contribution in [2.24, 2.45) is 0 Å². The number of ketones is 1. The largest absolute Gasteiger partial charge is 0.324 e. The number of para-hydroxylation sites is 3. The van der Waals surface area contributed by atoms with Crippen molar-refractivity contribution in [2.75, 3.05) is 10.6 Å². The Morgan fingerprint density at radius 2 is 1.77 bits per heavy atom. The van der Waals surface area contributed by atoms with Crippen LogP contribution in [0, 0.1) is 10.1 Å². The van der Waals surface area contributed by atoms with E-state index in [4.69, 9.17) is 0 Å². The summed E-state index contributed by atoms with van der Waals surface area (Å²) in [6.07, 6.45) is 0. The summed E-state index contributed by atoms with van der Waals surface area (Å²) < 4.78 is 12.5. The molecular formula is C16H11N3O6S. The second kappa shape index (κ2) is 6.84. The third kappa shape index (κ3) is 3.09. The molecule has 10 heteroatoms. The summed E-state index contributed by atoms with van der Waals surface area (Å²) in [7, 11) is -2.06. The number of anilines is 2. The monoisotopic (exact) mass is 373 g/mol. The standard InChI is InChI=1S/C16H11N3O6S/c20-13(15(21)17-9-5-1-3-7-11(9)19(23)24)14-16(22)18-10-6-2-4-8-12(10)26(14)25/h1-8,14H,(H,17,21)(H,18,22)/t14-,26+/m0/s1. The third-order valence-corrected chi connectivity index (χ3v) is 5.27. The van der Waals surface area contributed by atoms with Crippen molar-refractivity contribution >= 4 is 45.5 Å². The Balaban J connectivity index is 1.86. The average Bonchev–Trinajstić information content (AvgIpc) is 2.61. The van der Waals surface area contributed by atoms with Gasteiger partial charge >= 0.3 is 0 Å². The molecule has 2 aromatic carbocycles. The fourth-order valence-electron chi connectivity index (χ4n) is 2.43. The number of hydrogen-bond acceptors (Lipinski definition) is 6. The van der Waals surface area contributed by atoms with E-state index in [-0.39, 0.29) is 10.6 Å². The number of Topliss-reactive ketones (excluding diaryl/α,β-unsaturated/α-hetero) is 1. The first-order valence-corrected chi connectivity index (χ1v) is 8.50. The van der Waals surface area contributed by atoms with E-state index in [1.54, 1.807) is 12.1 Å². The van der Waals surface area contributed by atoms with Crippen LogP contribution in [0.15, 0.2) is 53.4 Å². The molecule has 0 spiro atoms. The zero-order valence-electron chi connectivity index (χ0n) is 13.0. The number of benzene rings is 2. The van der Waals surface area contributed by atoms with Crippen molar-refractivity contribution in [1.82, 2.24) is 0 Å². The highest BCUT2D eigenvalue weighted by Gasteiger charge is 2.41. The number of nitrogens with zero attached hydrogens (tertiary/aromatic N) is 1. The predicted molar refractivity (Wildman–Crippen MR) is 92.0 cm³/mol. The maximum Gasteiger partial charge on any atom is 0.293 e. The molecule has 1 aliphatic rings. The molecule has 0 bridgehead atoms. The van der Waals surface area contributed by atoms with Crippen LogP contribution in [0.3, 0.4) is 0 Å². The van der Waals surface area contributed by atoms with Gasteiger partial charge < -0.3 is 10.6 Å². The minimum atomic E-state index is -2.06. The Kier molecular flexibility index (Phi) is 4.59. The van der Waals surface area contributed by atoms with Gasteiger partial charge in [0.05, 0.1) is 26.3 Å². The summed E-state index contributed by atoms with van der Waals surface area (Å²) in [6, 6.07) is 11.5. The Morgan fingerprint density at radius 3 is 2.50 bits per heavy atom. The molecule has 0 saturated heterocycles. The van der Waals surface area contributed by atoms with Crippen LogP contribution in [-0.2, 0) is 25.2 Å². The number of carbonyl (C=O) groups excluding carboxylic acids is 3. The zero-order chi connectivity index (χ0) is 18.8. The molecule has 9 nitrogen and oxygen atoms in total. The van der Waals surface area contributed by atoms with Crippen molar-refractivity contribution in [3.63, 3.8) is 0 Å². The molecule has 2 amide bonds. The maximum atomic E-state index is 12.5. The van der Waals surface area contributed by atoms with E-state index < -0.39 is 44.3 Å². The van der Waals surface area contributed by atoms with E-state index in [0.717, 1.165) is 6.07 Å². The summed E-state index contributed by atoms with van der Waals surface area (Å²) in [6.45, 7) is 0. The maximum absolute atomic E-state index is 12.5. The first kappa shape index (κ1) is 17.4. The predicted octanol–water partition coefficient (Wildman–Crippen LogP) is 1.23. The summed E-state index contributed by atoms with van der Waals surface area (Å²) in [5.41, 5.74) is -0.301. The summed E-state index contributed by atoms with van der Waals surface area (Å²) in [5, 5.41) is 13.8. The highest BCUT2D eigenvalue weighted by atomic mass is 32.2. The van der Waals surface area contributed by atoms with Gasteiger partial charge in [0, 0.05) is 6.07 Å². The van der Waals surface area contributed by atoms with Gasteiger partial charge in [-0.3, -0.25) is 28.7 Å². The molecule has 0 aliphatic carbocycles. The van der Waals surface area contributed by atoms with E-state index >= 15 is 0 Å². The molecular weight excluding hydrogens is 362 g/mol. The quantitative estimate of drug-likeness (QED) is 0.358. The molecule has 2 atom stereocenters. The minimum Gasteiger partial charge on any atom is -0.324 e. The molecule has 0 fully saturated rings. The van der Waals surface area contributed by atoms with Crippen LogP contribution in [-0.4, -0.2) is 32.0 Å². The minimum absolute atomic E-state index is 0.196. The fourth-order valence-corrected chi connectivity index (χ4v) is 3.78. The van der Waals surface area contributed by atoms with Crippen LogP contribution >= 0.6 is 0 Å². The lowest BCUT2D eigenvalue weighted by atomic mass is 10.2. The van der Waals surface area contributed by atoms with Gasteiger partial charge in [0.15, 0.2) is 5.25 Å². The van der Waals surface area contributed by atoms with E-state index in [9.17, 15) is 28.7 Å². The van der Waals surface area contributed by atoms with Crippen LogP contribution < -0.4 is 10.6 Å². The van der Waals surface area contributed by atoms with Gasteiger partial charge in [0.25, 0.3) is 11.6 Å². The van der Waals surface area contributed by atoms with Crippen LogP contribution in [0.5, 0.6) is 0 Å². The lowest BCUT2D eigenvalue weighted by molar-refractivity contribution is -0.383. The van der Waals surface area contributed by atoms with Crippen molar-refractivity contribution in [2.45, 2.75) is 10.1 Å². The van der Waals surface area contributed by atoms with Crippen LogP contribution in [0.1, 0.15) is 0 Å². The lowest BCUT2D eigenvalue weighted by Gasteiger charge is -2.22. The van der Waals surface area contributed by atoms with Crippen molar-refractivity contribution in [1.29, 1.82) is 0 Å². The second-order valence-electron chi connectivity index (χ2n) is 5.26. The number of fused-ring (bicyclic) bond motifs is 1. The molecule has 2 aromatic rings. The Labute approximate surface area is 149 Å². The van der Waals surface area contributed by atoms with Gasteiger partial charge in [-0.15, -0.1) is 0 Å². The summed E-state index contributed by atoms with van der Waals surface area (Å²) in [5.74, 6) is -3.37. The van der Waals surface area contributed by atoms with Gasteiger partial charge in [-0.1, -0.05) is 24.3 Å². The number of carbonyl (C=O) groups is 3. The Morgan fingerprint density at radius 1 is 1.12 bits per heavy atom. The zero-order valence-corrected chi connectivity index (χ0v) is 13.8. The van der Waals surface area contributed by atoms with E-state index in [1.165, 1.54) is 30.3 Å². The van der Waals surface area contributed by atoms with Crippen molar-refractivity contribution in [3.8, 4) is 0 Å². The Bertz CT molecular complexity index is 974. The van der Waals surface area contributed by atoms with Crippen molar-refractivity contribution in [3.05, 3.63) is 58.6 Å². The van der Waals surface area contributed by atoms with Gasteiger partial charge in [-0.2, -0.15) is 0 Å². The number of amides is 2. The average molecular weight is 373 g/mol. The molecule has 26 heavy (non-hydrogen) atoms. The first-order valence-electron chi connectivity index (χ1n) is 7.29. The van der Waals surface area contributed by atoms with E-state index in [2.05, 4.69) is 10.6 Å². The topological polar surface area (TPSA) is 135 Å². The van der Waals surface area contributed by atoms with E-state index in [1.807, 2.05) is 0 Å². The molecule has 3 rings (SSSR count). The van der Waals surface area contributed by atoms with Gasteiger partial charge in [0.2, 0.25) is 11.7 Å². The molecule has 132 valence electrons. The molecule has 0 aromatic heterocycles. The van der Waals surface area contributed by atoms with Crippen molar-refractivity contribution < 1.29 is 23.5 Å². The number of nitro groups is 1. The van der Waals surface area contributed by atoms with Crippen LogP contribution in [0.2, 0.25) is 0 Å². The SMILES string of the molecule is O=C(Nc1ccccc1[N+](=O)[O-])C(=O)[C@H]1C(=O)Nc2ccccc2[S@]1=O.